The van der Waals surface area contributed by atoms with Crippen LogP contribution in [0.2, 0.25) is 0 Å². The van der Waals surface area contributed by atoms with Crippen molar-refractivity contribution in [2.75, 3.05) is 0 Å². The van der Waals surface area contributed by atoms with Crippen molar-refractivity contribution in [3.8, 4) is 0 Å². The Morgan fingerprint density at radius 1 is 1.12 bits per heavy atom. The number of amides is 1. The van der Waals surface area contributed by atoms with Gasteiger partial charge in [-0.15, -0.1) is 0 Å². The zero-order valence-corrected chi connectivity index (χ0v) is 13.5. The fourth-order valence-electron chi connectivity index (χ4n) is 2.65. The van der Waals surface area contributed by atoms with E-state index in [-0.39, 0.29) is 17.8 Å². The molecule has 4 aromatic rings. The molecule has 4 heterocycles. The van der Waals surface area contributed by atoms with E-state index in [1.807, 2.05) is 35.9 Å². The van der Waals surface area contributed by atoms with Gasteiger partial charge in [0.1, 0.15) is 17.0 Å². The average molecular weight is 333 g/mol. The number of fused-ring (bicyclic) bond motifs is 2. The van der Waals surface area contributed by atoms with Crippen molar-refractivity contribution < 1.29 is 4.79 Å². The van der Waals surface area contributed by atoms with Crippen LogP contribution in [0.5, 0.6) is 0 Å². The van der Waals surface area contributed by atoms with Crippen molar-refractivity contribution in [3.63, 3.8) is 0 Å². The minimum absolute atomic E-state index is 0.0933. The first kappa shape index (κ1) is 15.1. The summed E-state index contributed by atoms with van der Waals surface area (Å²) in [7, 11) is 0. The van der Waals surface area contributed by atoms with Crippen molar-refractivity contribution in [1.82, 2.24) is 24.1 Å². The minimum atomic E-state index is -0.406. The largest absolute Gasteiger partial charge is 0.345 e. The maximum atomic E-state index is 12.3. The molecule has 4 aromatic heterocycles. The summed E-state index contributed by atoms with van der Waals surface area (Å²) in [6.45, 7) is 2.26. The molecule has 25 heavy (non-hydrogen) atoms. The number of hydrogen-bond donors (Lipinski definition) is 1. The van der Waals surface area contributed by atoms with Crippen LogP contribution in [0, 0.1) is 6.92 Å². The third-order valence-corrected chi connectivity index (χ3v) is 3.90. The maximum Gasteiger partial charge on any atom is 0.270 e. The number of aryl methyl sites for hydroxylation is 1. The molecule has 0 spiro atoms. The molecule has 4 rings (SSSR count). The molecule has 0 unspecified atom stereocenters. The first-order valence-corrected chi connectivity index (χ1v) is 7.81. The third kappa shape index (κ3) is 2.87. The second kappa shape index (κ2) is 5.86. The highest BCUT2D eigenvalue weighted by Crippen LogP contribution is 2.08. The van der Waals surface area contributed by atoms with E-state index in [1.54, 1.807) is 24.4 Å². The Labute approximate surface area is 142 Å². The van der Waals surface area contributed by atoms with Gasteiger partial charge in [-0.1, -0.05) is 6.07 Å². The van der Waals surface area contributed by atoms with Crippen molar-refractivity contribution in [2.24, 2.45) is 0 Å². The number of aromatic nitrogens is 4. The second-order valence-electron chi connectivity index (χ2n) is 5.79. The number of nitrogens with zero attached hydrogens (tertiary/aromatic N) is 4. The normalized spacial score (nSPS) is 11.1. The van der Waals surface area contributed by atoms with Gasteiger partial charge >= 0.3 is 0 Å². The van der Waals surface area contributed by atoms with Crippen molar-refractivity contribution >= 4 is 17.2 Å². The Morgan fingerprint density at radius 3 is 2.88 bits per heavy atom. The highest BCUT2D eigenvalue weighted by molar-refractivity contribution is 5.92. The lowest BCUT2D eigenvalue weighted by molar-refractivity contribution is 0.0945. The molecule has 7 nitrogen and oxygen atoms in total. The molecule has 1 N–H and O–H groups in total. The molecule has 0 atom stereocenters. The SMILES string of the molecule is Cc1ccn2cc(CNC(=O)c3cc(=O)n4ccccc4n3)nc2c1. The lowest BCUT2D eigenvalue weighted by Crippen LogP contribution is -2.27. The second-order valence-corrected chi connectivity index (χ2v) is 5.79. The van der Waals surface area contributed by atoms with E-state index in [0.717, 1.165) is 16.9 Å². The zero-order valence-electron chi connectivity index (χ0n) is 13.5. The molecule has 0 aromatic carbocycles. The molecule has 0 saturated carbocycles. The van der Waals surface area contributed by atoms with Gasteiger partial charge < -0.3 is 9.72 Å². The van der Waals surface area contributed by atoms with Crippen LogP contribution in [0.25, 0.3) is 11.3 Å². The standard InChI is InChI=1S/C18H15N5O2/c1-12-5-7-22-11-13(20-16(22)8-12)10-19-18(25)14-9-17(24)23-6-3-2-4-15(23)21-14/h2-9,11H,10H2,1H3,(H,19,25). The fourth-order valence-corrected chi connectivity index (χ4v) is 2.65. The van der Waals surface area contributed by atoms with Crippen molar-refractivity contribution in [3.05, 3.63) is 82.3 Å². The smallest absolute Gasteiger partial charge is 0.270 e. The summed E-state index contributed by atoms with van der Waals surface area (Å²) < 4.78 is 3.29. The number of pyridine rings is 2. The molecule has 0 bridgehead atoms. The molecule has 0 fully saturated rings. The number of rotatable bonds is 3. The highest BCUT2D eigenvalue weighted by atomic mass is 16.2. The molecule has 0 saturated heterocycles. The predicted octanol–water partition coefficient (Wildman–Crippen LogP) is 1.58. The van der Waals surface area contributed by atoms with Gasteiger partial charge in [-0.2, -0.15) is 0 Å². The molecule has 0 aliphatic heterocycles. The molecule has 0 aliphatic carbocycles. The van der Waals surface area contributed by atoms with Crippen LogP contribution in [0.4, 0.5) is 0 Å². The molecule has 0 radical (unpaired) electrons. The molecule has 124 valence electrons. The number of hydrogen-bond acceptors (Lipinski definition) is 4. The van der Waals surface area contributed by atoms with Gasteiger partial charge in [-0.25, -0.2) is 9.97 Å². The van der Waals surface area contributed by atoms with Gasteiger partial charge in [0.15, 0.2) is 0 Å². The summed E-state index contributed by atoms with van der Waals surface area (Å²) in [5, 5.41) is 2.76. The van der Waals surface area contributed by atoms with Crippen LogP contribution >= 0.6 is 0 Å². The van der Waals surface area contributed by atoms with Gasteiger partial charge in [-0.3, -0.25) is 14.0 Å². The zero-order chi connectivity index (χ0) is 17.4. The summed E-state index contributed by atoms with van der Waals surface area (Å²) in [6.07, 6.45) is 5.40. The summed E-state index contributed by atoms with van der Waals surface area (Å²) in [5.74, 6) is -0.406. The van der Waals surface area contributed by atoms with E-state index in [0.29, 0.717) is 5.65 Å². The first-order chi connectivity index (χ1) is 12.1. The predicted molar refractivity (Wildman–Crippen MR) is 92.6 cm³/mol. The van der Waals surface area contributed by atoms with Gasteiger partial charge in [0.2, 0.25) is 0 Å². The number of carbonyl (C=O) groups is 1. The van der Waals surface area contributed by atoms with Crippen LogP contribution in [0.15, 0.2) is 59.8 Å². The quantitative estimate of drug-likeness (QED) is 0.617. The number of carbonyl (C=O) groups excluding carboxylic acids is 1. The Morgan fingerprint density at radius 2 is 2.00 bits per heavy atom. The van der Waals surface area contributed by atoms with E-state index in [1.165, 1.54) is 10.5 Å². The lowest BCUT2D eigenvalue weighted by Gasteiger charge is -2.04. The molecule has 1 amide bonds. The number of imidazole rings is 1. The molecule has 7 heteroatoms. The monoisotopic (exact) mass is 333 g/mol. The van der Waals surface area contributed by atoms with Crippen molar-refractivity contribution in [1.29, 1.82) is 0 Å². The van der Waals surface area contributed by atoms with Crippen LogP contribution in [-0.4, -0.2) is 24.7 Å². The van der Waals surface area contributed by atoms with Crippen LogP contribution < -0.4 is 10.9 Å². The third-order valence-electron chi connectivity index (χ3n) is 3.90. The summed E-state index contributed by atoms with van der Waals surface area (Å²) in [6, 6.07) is 10.4. The van der Waals surface area contributed by atoms with Crippen LogP contribution in [0.3, 0.4) is 0 Å². The van der Waals surface area contributed by atoms with E-state index in [2.05, 4.69) is 15.3 Å². The Balaban J connectivity index is 1.56. The summed E-state index contributed by atoms with van der Waals surface area (Å²) >= 11 is 0. The average Bonchev–Trinajstić information content (AvgIpc) is 3.01. The van der Waals surface area contributed by atoms with Gasteiger partial charge in [0.05, 0.1) is 12.2 Å². The maximum absolute atomic E-state index is 12.3. The van der Waals surface area contributed by atoms with Gasteiger partial charge in [-0.05, 0) is 36.8 Å². The van der Waals surface area contributed by atoms with E-state index < -0.39 is 5.91 Å². The Kier molecular flexibility index (Phi) is 3.53. The summed E-state index contributed by atoms with van der Waals surface area (Å²) in [5.41, 5.74) is 2.91. The van der Waals surface area contributed by atoms with E-state index in [4.69, 9.17) is 0 Å². The van der Waals surface area contributed by atoms with Crippen LogP contribution in [-0.2, 0) is 6.54 Å². The fraction of sp³-hybridized carbons (Fsp3) is 0.111. The Bertz CT molecular complexity index is 1160. The Hall–Kier alpha value is -3.48. The van der Waals surface area contributed by atoms with E-state index in [9.17, 15) is 9.59 Å². The minimum Gasteiger partial charge on any atom is -0.345 e. The van der Waals surface area contributed by atoms with E-state index >= 15 is 0 Å². The lowest BCUT2D eigenvalue weighted by atomic mass is 10.3. The summed E-state index contributed by atoms with van der Waals surface area (Å²) in [4.78, 5) is 33.1. The first-order valence-electron chi connectivity index (χ1n) is 7.81. The molecular formula is C18H15N5O2. The topological polar surface area (TPSA) is 80.8 Å². The van der Waals surface area contributed by atoms with Gasteiger partial charge in [0.25, 0.3) is 11.5 Å². The molecular weight excluding hydrogens is 318 g/mol. The molecule has 0 aliphatic rings. The van der Waals surface area contributed by atoms with Crippen molar-refractivity contribution in [2.45, 2.75) is 13.5 Å². The van der Waals surface area contributed by atoms with Gasteiger partial charge in [0, 0.05) is 24.7 Å². The van der Waals surface area contributed by atoms with Crippen LogP contribution in [0.1, 0.15) is 21.7 Å². The highest BCUT2D eigenvalue weighted by Gasteiger charge is 2.11. The number of nitrogens with one attached hydrogen (secondary N) is 1.